The van der Waals surface area contributed by atoms with Crippen LogP contribution in [-0.2, 0) is 9.53 Å². The summed E-state index contributed by atoms with van der Waals surface area (Å²) in [6.07, 6.45) is 10.0. The van der Waals surface area contributed by atoms with Gasteiger partial charge in [0.15, 0.2) is 0 Å². The summed E-state index contributed by atoms with van der Waals surface area (Å²) >= 11 is 0. The zero-order chi connectivity index (χ0) is 12.6. The lowest BCUT2D eigenvalue weighted by Crippen LogP contribution is -2.40. The van der Waals surface area contributed by atoms with Crippen molar-refractivity contribution in [1.29, 1.82) is 0 Å². The Bertz CT molecular complexity index is 329. The summed E-state index contributed by atoms with van der Waals surface area (Å²) in [5.41, 5.74) is 0.681. The van der Waals surface area contributed by atoms with Gasteiger partial charge in [-0.15, -0.1) is 0 Å². The fourth-order valence-electron chi connectivity index (χ4n) is 4.10. The van der Waals surface area contributed by atoms with Crippen LogP contribution in [0.2, 0.25) is 0 Å². The Labute approximate surface area is 110 Å². The summed E-state index contributed by atoms with van der Waals surface area (Å²) < 4.78 is 5.36. The first-order chi connectivity index (χ1) is 8.70. The molecule has 0 aliphatic heterocycles. The zero-order valence-corrected chi connectivity index (χ0v) is 11.5. The number of methoxy groups -OCH3 is 1. The molecule has 0 unspecified atom stereocenters. The molecule has 1 spiro atoms. The molecule has 1 N–H and O–H groups in total. The minimum Gasteiger partial charge on any atom is -0.384 e. The van der Waals surface area contributed by atoms with Crippen molar-refractivity contribution >= 4 is 5.91 Å². The molecule has 0 saturated heterocycles. The van der Waals surface area contributed by atoms with Gasteiger partial charge in [-0.3, -0.25) is 4.79 Å². The molecule has 0 radical (unpaired) electrons. The molecule has 1 atom stereocenters. The molecule has 1 amide bonds. The highest BCUT2D eigenvalue weighted by Gasteiger charge is 2.60. The molecule has 3 fully saturated rings. The van der Waals surface area contributed by atoms with Crippen molar-refractivity contribution in [3.63, 3.8) is 0 Å². The Balaban J connectivity index is 1.49. The number of hydrogen-bond donors (Lipinski definition) is 1. The average Bonchev–Trinajstić information content (AvgIpc) is 2.95. The van der Waals surface area contributed by atoms with Crippen LogP contribution >= 0.6 is 0 Å². The van der Waals surface area contributed by atoms with Crippen LogP contribution in [0.1, 0.15) is 51.4 Å². The summed E-state index contributed by atoms with van der Waals surface area (Å²) in [5.74, 6) is 0.657. The minimum atomic E-state index is 0.228. The van der Waals surface area contributed by atoms with Gasteiger partial charge in [-0.25, -0.2) is 0 Å². The van der Waals surface area contributed by atoms with Gasteiger partial charge in [0.1, 0.15) is 0 Å². The van der Waals surface area contributed by atoms with Crippen LogP contribution in [0.15, 0.2) is 0 Å². The van der Waals surface area contributed by atoms with Crippen LogP contribution in [0.3, 0.4) is 0 Å². The van der Waals surface area contributed by atoms with E-state index in [1.807, 2.05) is 0 Å². The quantitative estimate of drug-likeness (QED) is 0.815. The summed E-state index contributed by atoms with van der Waals surface area (Å²) in [7, 11) is 1.77. The first-order valence-corrected chi connectivity index (χ1v) is 7.47. The number of carbonyl (C=O) groups excluding carboxylic acids is 1. The Morgan fingerprint density at radius 1 is 1.22 bits per heavy atom. The highest BCUT2D eigenvalue weighted by Crippen LogP contribution is 2.65. The van der Waals surface area contributed by atoms with E-state index < -0.39 is 0 Å². The predicted molar refractivity (Wildman–Crippen MR) is 70.2 cm³/mol. The summed E-state index contributed by atoms with van der Waals surface area (Å²) in [6.45, 7) is 1.62. The standard InChI is InChI=1S/C15H25NO2/c1-18-11-14(5-2-3-6-14)10-16-13(17)12-9-15(12)7-4-8-15/h12H,2-11H2,1H3,(H,16,17)/t12-/m1/s1. The maximum Gasteiger partial charge on any atom is 0.223 e. The molecule has 18 heavy (non-hydrogen) atoms. The van der Waals surface area contributed by atoms with Gasteiger partial charge in [-0.1, -0.05) is 19.3 Å². The van der Waals surface area contributed by atoms with Crippen molar-refractivity contribution < 1.29 is 9.53 Å². The number of hydrogen-bond acceptors (Lipinski definition) is 2. The number of ether oxygens (including phenoxy) is 1. The molecule has 3 saturated carbocycles. The number of carbonyl (C=O) groups is 1. The van der Waals surface area contributed by atoms with Crippen LogP contribution in [0.5, 0.6) is 0 Å². The number of nitrogens with one attached hydrogen (secondary N) is 1. The van der Waals surface area contributed by atoms with Crippen molar-refractivity contribution in [2.75, 3.05) is 20.3 Å². The van der Waals surface area contributed by atoms with Gasteiger partial charge in [-0.05, 0) is 37.5 Å². The normalized spacial score (nSPS) is 31.1. The second-order valence-corrected chi connectivity index (χ2v) is 6.83. The van der Waals surface area contributed by atoms with E-state index in [0.717, 1.165) is 19.6 Å². The summed E-state index contributed by atoms with van der Waals surface area (Å²) in [4.78, 5) is 12.2. The molecule has 102 valence electrons. The van der Waals surface area contributed by atoms with E-state index in [0.29, 0.717) is 17.2 Å². The minimum absolute atomic E-state index is 0.228. The van der Waals surface area contributed by atoms with Crippen molar-refractivity contribution in [2.45, 2.75) is 51.4 Å². The Kier molecular flexibility index (Phi) is 3.13. The van der Waals surface area contributed by atoms with Crippen LogP contribution in [-0.4, -0.2) is 26.2 Å². The Hall–Kier alpha value is -0.570. The molecule has 3 aliphatic rings. The topological polar surface area (TPSA) is 38.3 Å². The van der Waals surface area contributed by atoms with E-state index in [-0.39, 0.29) is 5.41 Å². The van der Waals surface area contributed by atoms with E-state index in [1.165, 1.54) is 44.9 Å². The van der Waals surface area contributed by atoms with Crippen molar-refractivity contribution in [2.24, 2.45) is 16.7 Å². The molecular formula is C15H25NO2. The van der Waals surface area contributed by atoms with E-state index in [9.17, 15) is 4.79 Å². The largest absolute Gasteiger partial charge is 0.384 e. The molecule has 3 heteroatoms. The number of amides is 1. The van der Waals surface area contributed by atoms with Gasteiger partial charge in [0.2, 0.25) is 5.91 Å². The van der Waals surface area contributed by atoms with Gasteiger partial charge in [-0.2, -0.15) is 0 Å². The average molecular weight is 251 g/mol. The zero-order valence-electron chi connectivity index (χ0n) is 11.5. The molecule has 3 aliphatic carbocycles. The molecule has 3 nitrogen and oxygen atoms in total. The molecule has 0 aromatic rings. The monoisotopic (exact) mass is 251 g/mol. The lowest BCUT2D eigenvalue weighted by molar-refractivity contribution is -0.124. The van der Waals surface area contributed by atoms with Gasteiger partial charge in [0.25, 0.3) is 0 Å². The van der Waals surface area contributed by atoms with Crippen molar-refractivity contribution in [1.82, 2.24) is 5.32 Å². The van der Waals surface area contributed by atoms with E-state index in [1.54, 1.807) is 7.11 Å². The van der Waals surface area contributed by atoms with Crippen LogP contribution in [0, 0.1) is 16.7 Å². The third kappa shape index (κ3) is 2.07. The van der Waals surface area contributed by atoms with Crippen molar-refractivity contribution in [3.05, 3.63) is 0 Å². The maximum atomic E-state index is 12.2. The Morgan fingerprint density at radius 3 is 2.44 bits per heavy atom. The second-order valence-electron chi connectivity index (χ2n) is 6.83. The van der Waals surface area contributed by atoms with E-state index in [2.05, 4.69) is 5.32 Å². The lowest BCUT2D eigenvalue weighted by atomic mass is 9.79. The SMILES string of the molecule is COCC1(CNC(=O)[C@H]2CC23CCC3)CCCC1. The van der Waals surface area contributed by atoms with E-state index in [4.69, 9.17) is 4.74 Å². The van der Waals surface area contributed by atoms with Gasteiger partial charge in [0, 0.05) is 25.0 Å². The van der Waals surface area contributed by atoms with E-state index >= 15 is 0 Å². The molecule has 0 heterocycles. The fraction of sp³-hybridized carbons (Fsp3) is 0.933. The predicted octanol–water partition coefficient (Wildman–Crippen LogP) is 2.50. The molecule has 0 aromatic heterocycles. The highest BCUT2D eigenvalue weighted by molar-refractivity contribution is 5.82. The molecule has 3 rings (SSSR count). The Morgan fingerprint density at radius 2 is 1.94 bits per heavy atom. The van der Waals surface area contributed by atoms with Gasteiger partial charge >= 0.3 is 0 Å². The first-order valence-electron chi connectivity index (χ1n) is 7.47. The van der Waals surface area contributed by atoms with Crippen LogP contribution in [0.25, 0.3) is 0 Å². The first kappa shape index (κ1) is 12.5. The highest BCUT2D eigenvalue weighted by atomic mass is 16.5. The third-order valence-corrected chi connectivity index (χ3v) is 5.61. The summed E-state index contributed by atoms with van der Waals surface area (Å²) in [5, 5.41) is 3.22. The third-order valence-electron chi connectivity index (χ3n) is 5.61. The molecule has 0 aromatic carbocycles. The molecular weight excluding hydrogens is 226 g/mol. The van der Waals surface area contributed by atoms with Gasteiger partial charge < -0.3 is 10.1 Å². The summed E-state index contributed by atoms with van der Waals surface area (Å²) in [6, 6.07) is 0. The number of rotatable bonds is 5. The smallest absolute Gasteiger partial charge is 0.223 e. The molecule has 0 bridgehead atoms. The fourth-order valence-corrected chi connectivity index (χ4v) is 4.10. The van der Waals surface area contributed by atoms with Crippen LogP contribution in [0.4, 0.5) is 0 Å². The second kappa shape index (κ2) is 4.52. The maximum absolute atomic E-state index is 12.2. The van der Waals surface area contributed by atoms with Crippen LogP contribution < -0.4 is 5.32 Å². The van der Waals surface area contributed by atoms with Gasteiger partial charge in [0.05, 0.1) is 6.61 Å². The lowest BCUT2D eigenvalue weighted by Gasteiger charge is -2.29. The van der Waals surface area contributed by atoms with Crippen molar-refractivity contribution in [3.8, 4) is 0 Å².